The minimum absolute atomic E-state index is 0.0901. The Labute approximate surface area is 433 Å². The molecule has 0 aliphatic heterocycles. The standard InChI is InChI=1S/C64H110O6/c1-4-7-10-13-16-19-22-25-28-29-30-31-32-33-34-35-37-39-42-45-48-51-54-57-63(66)69-60-61(59-68-62(65)56-53-50-47-44-41-38-27-24-21-18-15-12-9-6-3)70-64(67)58-55-52-49-46-43-40-36-26-23-20-17-14-11-8-5-2/h8,11,17,20,22,24-27,29-30,32-33,36,61H,4-7,9-10,12-16,18-19,21,23,28,31,34-35,37-60H2,1-3H3/b11-8-,20-17-,25-22-,27-24-,30-29-,33-32-,36-26-. The molecule has 0 heterocycles. The lowest BCUT2D eigenvalue weighted by atomic mass is 10.1. The number of rotatable bonds is 53. The molecule has 0 aromatic carbocycles. The van der Waals surface area contributed by atoms with Crippen LogP contribution in [0.2, 0.25) is 0 Å². The van der Waals surface area contributed by atoms with Crippen LogP contribution >= 0.6 is 0 Å². The summed E-state index contributed by atoms with van der Waals surface area (Å²) in [6, 6.07) is 0. The summed E-state index contributed by atoms with van der Waals surface area (Å²) in [5, 5.41) is 0. The van der Waals surface area contributed by atoms with E-state index in [1.165, 1.54) is 122 Å². The van der Waals surface area contributed by atoms with Crippen LogP contribution in [-0.2, 0) is 28.6 Å². The topological polar surface area (TPSA) is 78.9 Å². The highest BCUT2D eigenvalue weighted by Crippen LogP contribution is 2.15. The first-order valence-electron chi connectivity index (χ1n) is 29.6. The van der Waals surface area contributed by atoms with Crippen LogP contribution in [0, 0.1) is 0 Å². The molecule has 0 rings (SSSR count). The number of carbonyl (C=O) groups excluding carboxylic acids is 3. The Balaban J connectivity index is 4.37. The van der Waals surface area contributed by atoms with Gasteiger partial charge < -0.3 is 14.2 Å². The van der Waals surface area contributed by atoms with Gasteiger partial charge in [-0.2, -0.15) is 0 Å². The lowest BCUT2D eigenvalue weighted by Gasteiger charge is -2.18. The summed E-state index contributed by atoms with van der Waals surface area (Å²) in [5.74, 6) is -0.916. The second-order valence-corrected chi connectivity index (χ2v) is 19.5. The largest absolute Gasteiger partial charge is 0.462 e. The fourth-order valence-corrected chi connectivity index (χ4v) is 8.16. The molecule has 0 radical (unpaired) electrons. The number of hydrogen-bond acceptors (Lipinski definition) is 6. The maximum atomic E-state index is 12.8. The minimum Gasteiger partial charge on any atom is -0.462 e. The van der Waals surface area contributed by atoms with Crippen LogP contribution in [-0.4, -0.2) is 37.2 Å². The lowest BCUT2D eigenvalue weighted by molar-refractivity contribution is -0.167. The van der Waals surface area contributed by atoms with Crippen molar-refractivity contribution >= 4 is 17.9 Å². The van der Waals surface area contributed by atoms with Crippen LogP contribution in [0.25, 0.3) is 0 Å². The number of unbranched alkanes of at least 4 members (excludes halogenated alkanes) is 28. The molecule has 0 aromatic heterocycles. The van der Waals surface area contributed by atoms with Gasteiger partial charge in [0.25, 0.3) is 0 Å². The molecule has 0 aliphatic carbocycles. The molecule has 0 bridgehead atoms. The number of allylic oxidation sites excluding steroid dienone is 14. The highest BCUT2D eigenvalue weighted by atomic mass is 16.6. The van der Waals surface area contributed by atoms with E-state index >= 15 is 0 Å². The van der Waals surface area contributed by atoms with E-state index in [2.05, 4.69) is 106 Å². The van der Waals surface area contributed by atoms with Crippen LogP contribution in [0.5, 0.6) is 0 Å². The van der Waals surface area contributed by atoms with Crippen molar-refractivity contribution in [1.82, 2.24) is 0 Å². The Kier molecular flexibility index (Phi) is 55.3. The molecule has 70 heavy (non-hydrogen) atoms. The van der Waals surface area contributed by atoms with Crippen molar-refractivity contribution in [3.05, 3.63) is 85.1 Å². The van der Waals surface area contributed by atoms with Crippen molar-refractivity contribution in [3.8, 4) is 0 Å². The fraction of sp³-hybridized carbons (Fsp3) is 0.734. The second kappa shape index (κ2) is 58.2. The Hall–Kier alpha value is -3.41. The van der Waals surface area contributed by atoms with Gasteiger partial charge in [0.05, 0.1) is 0 Å². The van der Waals surface area contributed by atoms with E-state index in [1.807, 2.05) is 0 Å². The Morgan fingerprint density at radius 3 is 0.886 bits per heavy atom. The van der Waals surface area contributed by atoms with Crippen LogP contribution in [0.3, 0.4) is 0 Å². The van der Waals surface area contributed by atoms with Gasteiger partial charge in [-0.15, -0.1) is 0 Å². The maximum Gasteiger partial charge on any atom is 0.306 e. The number of esters is 3. The molecular formula is C64H110O6. The third-order valence-corrected chi connectivity index (χ3v) is 12.6. The van der Waals surface area contributed by atoms with E-state index in [1.54, 1.807) is 0 Å². The van der Waals surface area contributed by atoms with Gasteiger partial charge in [-0.05, 0) is 116 Å². The zero-order valence-corrected chi connectivity index (χ0v) is 46.0. The van der Waals surface area contributed by atoms with Crippen LogP contribution in [0.4, 0.5) is 0 Å². The molecule has 0 N–H and O–H groups in total. The summed E-state index contributed by atoms with van der Waals surface area (Å²) in [7, 11) is 0. The molecule has 0 spiro atoms. The van der Waals surface area contributed by atoms with Crippen molar-refractivity contribution in [3.63, 3.8) is 0 Å². The predicted octanol–water partition coefficient (Wildman–Crippen LogP) is 19.9. The molecule has 0 aliphatic rings. The van der Waals surface area contributed by atoms with Gasteiger partial charge in [0.15, 0.2) is 6.10 Å². The highest BCUT2D eigenvalue weighted by molar-refractivity contribution is 5.71. The fourth-order valence-electron chi connectivity index (χ4n) is 8.16. The zero-order valence-electron chi connectivity index (χ0n) is 46.0. The van der Waals surface area contributed by atoms with E-state index in [9.17, 15) is 14.4 Å². The molecule has 1 unspecified atom stereocenters. The highest BCUT2D eigenvalue weighted by Gasteiger charge is 2.19. The summed E-state index contributed by atoms with van der Waals surface area (Å²) in [6.45, 7) is 6.49. The molecule has 6 nitrogen and oxygen atoms in total. The molecular weight excluding hydrogens is 865 g/mol. The normalized spacial score (nSPS) is 12.7. The lowest BCUT2D eigenvalue weighted by Crippen LogP contribution is -2.30. The van der Waals surface area contributed by atoms with Crippen molar-refractivity contribution < 1.29 is 28.6 Å². The van der Waals surface area contributed by atoms with Crippen molar-refractivity contribution in [2.24, 2.45) is 0 Å². The van der Waals surface area contributed by atoms with Gasteiger partial charge in [-0.3, -0.25) is 14.4 Å². The quantitative estimate of drug-likeness (QED) is 0.0261. The maximum absolute atomic E-state index is 12.8. The Morgan fingerprint density at radius 2 is 0.557 bits per heavy atom. The monoisotopic (exact) mass is 975 g/mol. The third-order valence-electron chi connectivity index (χ3n) is 12.6. The summed E-state index contributed by atoms with van der Waals surface area (Å²) >= 11 is 0. The smallest absolute Gasteiger partial charge is 0.306 e. The van der Waals surface area contributed by atoms with E-state index in [-0.39, 0.29) is 31.1 Å². The average molecular weight is 976 g/mol. The van der Waals surface area contributed by atoms with Crippen molar-refractivity contribution in [2.45, 2.75) is 290 Å². The first-order chi connectivity index (χ1) is 34.5. The molecule has 0 amide bonds. The first kappa shape index (κ1) is 66.6. The summed E-state index contributed by atoms with van der Waals surface area (Å²) in [5.41, 5.74) is 0. The number of hydrogen-bond donors (Lipinski definition) is 0. The van der Waals surface area contributed by atoms with Crippen LogP contribution in [0.15, 0.2) is 85.1 Å². The molecule has 0 saturated heterocycles. The molecule has 402 valence electrons. The second-order valence-electron chi connectivity index (χ2n) is 19.5. The molecule has 6 heteroatoms. The Bertz CT molecular complexity index is 1350. The average Bonchev–Trinajstić information content (AvgIpc) is 3.36. The van der Waals surface area contributed by atoms with E-state index < -0.39 is 6.10 Å². The number of ether oxygens (including phenoxy) is 3. The van der Waals surface area contributed by atoms with Gasteiger partial charge in [0.2, 0.25) is 0 Å². The minimum atomic E-state index is -0.793. The van der Waals surface area contributed by atoms with Gasteiger partial charge in [0.1, 0.15) is 13.2 Å². The molecule has 1 atom stereocenters. The zero-order chi connectivity index (χ0) is 50.7. The van der Waals surface area contributed by atoms with Gasteiger partial charge in [-0.1, -0.05) is 234 Å². The molecule has 0 aromatic rings. The first-order valence-corrected chi connectivity index (χ1v) is 29.6. The van der Waals surface area contributed by atoms with Crippen LogP contribution in [0.1, 0.15) is 284 Å². The van der Waals surface area contributed by atoms with Crippen molar-refractivity contribution in [1.29, 1.82) is 0 Å². The van der Waals surface area contributed by atoms with E-state index in [4.69, 9.17) is 14.2 Å². The molecule has 0 saturated carbocycles. The third kappa shape index (κ3) is 55.5. The van der Waals surface area contributed by atoms with Gasteiger partial charge in [-0.25, -0.2) is 0 Å². The summed E-state index contributed by atoms with van der Waals surface area (Å²) in [6.07, 6.45) is 75.7. The van der Waals surface area contributed by atoms with Gasteiger partial charge >= 0.3 is 17.9 Å². The Morgan fingerprint density at radius 1 is 0.300 bits per heavy atom. The summed E-state index contributed by atoms with van der Waals surface area (Å²) in [4.78, 5) is 38.2. The van der Waals surface area contributed by atoms with E-state index in [0.29, 0.717) is 19.3 Å². The van der Waals surface area contributed by atoms with Crippen LogP contribution < -0.4 is 0 Å². The SMILES string of the molecule is CC/C=C\C/C=C\C/C=C\CCCCCCCC(=O)OC(COC(=O)CCCCCCC/C=C\CCCCCCC)COC(=O)CCCCCCCCCC/C=C\C/C=C\C/C=C\CCCCCCC. The summed E-state index contributed by atoms with van der Waals surface area (Å²) < 4.78 is 16.9. The van der Waals surface area contributed by atoms with Gasteiger partial charge in [0, 0.05) is 19.3 Å². The predicted molar refractivity (Wildman–Crippen MR) is 302 cm³/mol. The van der Waals surface area contributed by atoms with E-state index in [0.717, 1.165) is 122 Å². The van der Waals surface area contributed by atoms with Crippen molar-refractivity contribution in [2.75, 3.05) is 13.2 Å². The number of carbonyl (C=O) groups is 3. The molecule has 0 fully saturated rings.